The fourth-order valence-electron chi connectivity index (χ4n) is 4.12. The fourth-order valence-corrected chi connectivity index (χ4v) is 4.12. The second-order valence-electron chi connectivity index (χ2n) is 12.7. The summed E-state index contributed by atoms with van der Waals surface area (Å²) in [5.74, 6) is -0.664. The highest BCUT2D eigenvalue weighted by molar-refractivity contribution is 5.66. The second kappa shape index (κ2) is 58.1. The molecule has 0 saturated carbocycles. The summed E-state index contributed by atoms with van der Waals surface area (Å²) in [6, 6.07) is 0. The quantitative estimate of drug-likeness (QED) is 0.0332. The number of aliphatic hydroxyl groups excluding tert-OH is 10. The molecule has 0 spiro atoms. The molecule has 0 amide bonds. The van der Waals surface area contributed by atoms with Crippen LogP contribution in [-0.4, -0.2) is 127 Å². The normalized spacial score (nSPS) is 10.6. The number of carboxylic acids is 1. The van der Waals surface area contributed by atoms with Gasteiger partial charge in [0.15, 0.2) is 0 Å². The molecular weight excluding hydrogens is 660 g/mol. The van der Waals surface area contributed by atoms with Crippen molar-refractivity contribution in [2.75, 3.05) is 46.2 Å². The highest BCUT2D eigenvalue weighted by Crippen LogP contribution is 2.11. The lowest BCUT2D eigenvalue weighted by molar-refractivity contribution is -0.137. The summed E-state index contributed by atoms with van der Waals surface area (Å²) in [6.07, 6.45) is 31.7. The van der Waals surface area contributed by atoms with Crippen molar-refractivity contribution in [2.45, 2.75) is 186 Å². The summed E-state index contributed by atoms with van der Waals surface area (Å²) in [4.78, 5) is 10.3. The zero-order valence-electron chi connectivity index (χ0n) is 32.6. The number of allylic oxidation sites excluding steroid dienone is 2. The molecule has 0 radical (unpaired) electrons. The molecule has 0 aliphatic rings. The molecule has 0 aromatic heterocycles. The molecular formula is C39H84O12. The second-order valence-corrected chi connectivity index (χ2v) is 12.7. The van der Waals surface area contributed by atoms with E-state index in [1.807, 2.05) is 0 Å². The van der Waals surface area contributed by atoms with Gasteiger partial charge in [0.25, 0.3) is 0 Å². The van der Waals surface area contributed by atoms with Gasteiger partial charge in [-0.05, 0) is 38.5 Å². The van der Waals surface area contributed by atoms with Gasteiger partial charge in [-0.1, -0.05) is 135 Å². The Morgan fingerprint density at radius 2 is 0.667 bits per heavy atom. The van der Waals surface area contributed by atoms with Crippen molar-refractivity contribution in [3.8, 4) is 0 Å². The van der Waals surface area contributed by atoms with Crippen molar-refractivity contribution < 1.29 is 61.0 Å². The molecule has 0 heterocycles. The molecule has 0 aliphatic heterocycles. The minimum absolute atomic E-state index is 0.332. The molecule has 0 unspecified atom stereocenters. The molecule has 0 aliphatic carbocycles. The number of carbonyl (C=O) groups is 1. The van der Waals surface area contributed by atoms with Crippen LogP contribution in [0.25, 0.3) is 0 Å². The molecule has 12 nitrogen and oxygen atoms in total. The van der Waals surface area contributed by atoms with Gasteiger partial charge in [-0.2, -0.15) is 0 Å². The molecule has 0 rings (SSSR count). The number of aliphatic carboxylic acids is 1. The third-order valence-electron chi connectivity index (χ3n) is 7.43. The number of aliphatic hydroxyl groups is 10. The van der Waals surface area contributed by atoms with Crippen molar-refractivity contribution in [1.82, 2.24) is 0 Å². The summed E-state index contributed by atoms with van der Waals surface area (Å²) < 4.78 is 0. The van der Waals surface area contributed by atoms with Crippen LogP contribution >= 0.6 is 0 Å². The molecule has 0 aromatic rings. The first-order chi connectivity index (χ1) is 24.6. The molecule has 312 valence electrons. The van der Waals surface area contributed by atoms with Crippen LogP contribution in [0.5, 0.6) is 0 Å². The van der Waals surface area contributed by atoms with Gasteiger partial charge in [0.2, 0.25) is 0 Å². The highest BCUT2D eigenvalue weighted by atomic mass is 16.4. The fraction of sp³-hybridized carbons (Fsp3) is 0.923. The first kappa shape index (κ1) is 59.1. The number of carboxylic acid groups (broad SMARTS) is 1. The van der Waals surface area contributed by atoms with Crippen LogP contribution in [0.15, 0.2) is 12.2 Å². The molecule has 0 aromatic carbocycles. The lowest BCUT2D eigenvalue weighted by Crippen LogP contribution is -2.15. The molecule has 0 bridgehead atoms. The van der Waals surface area contributed by atoms with E-state index in [1.54, 1.807) is 0 Å². The first-order valence-electron chi connectivity index (χ1n) is 19.8. The van der Waals surface area contributed by atoms with Crippen molar-refractivity contribution in [3.63, 3.8) is 0 Å². The average Bonchev–Trinajstić information content (AvgIpc) is 3.15. The van der Waals surface area contributed by atoms with Crippen LogP contribution in [0, 0.1) is 0 Å². The van der Waals surface area contributed by atoms with Crippen LogP contribution in [0.3, 0.4) is 0 Å². The van der Waals surface area contributed by atoms with Gasteiger partial charge >= 0.3 is 5.97 Å². The highest BCUT2D eigenvalue weighted by Gasteiger charge is 1.97. The van der Waals surface area contributed by atoms with Gasteiger partial charge in [-0.15, -0.1) is 0 Å². The summed E-state index contributed by atoms with van der Waals surface area (Å²) >= 11 is 0. The van der Waals surface area contributed by atoms with Crippen LogP contribution in [-0.2, 0) is 4.79 Å². The predicted molar refractivity (Wildman–Crippen MR) is 207 cm³/mol. The van der Waals surface area contributed by atoms with Crippen LogP contribution in [0.1, 0.15) is 168 Å². The Hall–Kier alpha value is -1.19. The number of unbranched alkanes of at least 4 members (excludes halogenated alkanes) is 20. The SMILES string of the molecule is CCCCCCCCC=CCCCCCCCC(=O)O.CCCCCCCCCCCCO.OCC(O)CO.OCC(O)CO.OCC(O)CO. The van der Waals surface area contributed by atoms with Crippen LogP contribution in [0.2, 0.25) is 0 Å². The van der Waals surface area contributed by atoms with Crippen molar-refractivity contribution in [1.29, 1.82) is 0 Å². The van der Waals surface area contributed by atoms with E-state index < -0.39 is 24.3 Å². The molecule has 11 N–H and O–H groups in total. The van der Waals surface area contributed by atoms with Crippen molar-refractivity contribution in [3.05, 3.63) is 12.2 Å². The van der Waals surface area contributed by atoms with E-state index in [2.05, 4.69) is 26.0 Å². The van der Waals surface area contributed by atoms with E-state index in [1.165, 1.54) is 128 Å². The Kier molecular flexibility index (Phi) is 67.4. The largest absolute Gasteiger partial charge is 0.481 e. The third kappa shape index (κ3) is 74.8. The zero-order chi connectivity index (χ0) is 39.6. The number of hydrogen-bond acceptors (Lipinski definition) is 11. The lowest BCUT2D eigenvalue weighted by Gasteiger charge is -2.00. The van der Waals surface area contributed by atoms with Gasteiger partial charge in [-0.3, -0.25) is 4.79 Å². The van der Waals surface area contributed by atoms with Crippen LogP contribution < -0.4 is 0 Å². The van der Waals surface area contributed by atoms with Gasteiger partial charge in [0.05, 0.1) is 39.6 Å². The van der Waals surface area contributed by atoms with Gasteiger partial charge in [-0.25, -0.2) is 0 Å². The summed E-state index contributed by atoms with van der Waals surface area (Å²) in [5, 5.41) is 89.1. The van der Waals surface area contributed by atoms with Gasteiger partial charge in [0.1, 0.15) is 18.3 Å². The van der Waals surface area contributed by atoms with E-state index >= 15 is 0 Å². The maximum atomic E-state index is 10.3. The summed E-state index contributed by atoms with van der Waals surface area (Å²) in [6.45, 7) is 2.70. The Labute approximate surface area is 311 Å². The molecule has 0 saturated heterocycles. The Balaban J connectivity index is -0.000000194. The number of rotatable bonds is 31. The minimum Gasteiger partial charge on any atom is -0.481 e. The maximum absolute atomic E-state index is 10.3. The molecule has 0 fully saturated rings. The van der Waals surface area contributed by atoms with E-state index in [0.717, 1.165) is 19.3 Å². The van der Waals surface area contributed by atoms with Gasteiger partial charge in [0, 0.05) is 13.0 Å². The summed E-state index contributed by atoms with van der Waals surface area (Å²) in [7, 11) is 0. The summed E-state index contributed by atoms with van der Waals surface area (Å²) in [5.41, 5.74) is 0. The number of hydrogen-bond donors (Lipinski definition) is 11. The topological polar surface area (TPSA) is 240 Å². The molecule has 12 heteroatoms. The third-order valence-corrected chi connectivity index (χ3v) is 7.43. The van der Waals surface area contributed by atoms with E-state index in [0.29, 0.717) is 13.0 Å². The zero-order valence-corrected chi connectivity index (χ0v) is 32.6. The monoisotopic (exact) mass is 745 g/mol. The standard InChI is InChI=1S/C18H34O2.C12H26O.3C3H8O3/c1-2-3-4-5-6-7-8-9-10-11-12-13-14-15-16-17-18(19)20;1-2-3-4-5-6-7-8-9-10-11-12-13;3*4-1-3(6)2-5/h9-10H,2-8,11-17H2,1H3,(H,19,20);13H,2-12H2,1H3;3*3-6H,1-2H2. The lowest BCUT2D eigenvalue weighted by atomic mass is 10.1. The predicted octanol–water partition coefficient (Wildman–Crippen LogP) is 5.00. The Morgan fingerprint density at radius 1 is 0.412 bits per heavy atom. The average molecular weight is 745 g/mol. The van der Waals surface area contributed by atoms with E-state index in [-0.39, 0.29) is 39.6 Å². The van der Waals surface area contributed by atoms with Gasteiger partial charge < -0.3 is 56.2 Å². The van der Waals surface area contributed by atoms with E-state index in [9.17, 15) is 4.79 Å². The molecule has 51 heavy (non-hydrogen) atoms. The van der Waals surface area contributed by atoms with E-state index in [4.69, 9.17) is 56.2 Å². The van der Waals surface area contributed by atoms with Crippen molar-refractivity contribution >= 4 is 5.97 Å². The maximum Gasteiger partial charge on any atom is 0.303 e. The Morgan fingerprint density at radius 3 is 0.902 bits per heavy atom. The smallest absolute Gasteiger partial charge is 0.303 e. The Bertz CT molecular complexity index is 565. The molecule has 0 atom stereocenters. The minimum atomic E-state index is -0.954. The van der Waals surface area contributed by atoms with Crippen molar-refractivity contribution in [2.24, 2.45) is 0 Å². The first-order valence-corrected chi connectivity index (χ1v) is 19.8. The van der Waals surface area contributed by atoms with Crippen LogP contribution in [0.4, 0.5) is 0 Å².